The van der Waals surface area contributed by atoms with E-state index in [1.54, 1.807) is 29.2 Å². The molecule has 2 aliphatic heterocycles. The van der Waals surface area contributed by atoms with Gasteiger partial charge in [-0.05, 0) is 61.6 Å². The molecule has 1 saturated carbocycles. The predicted molar refractivity (Wildman–Crippen MR) is 125 cm³/mol. The smallest absolute Gasteiger partial charge is 0.299 e. The summed E-state index contributed by atoms with van der Waals surface area (Å²) >= 11 is 0. The summed E-state index contributed by atoms with van der Waals surface area (Å²) in [5.74, 6) is 0.136. The van der Waals surface area contributed by atoms with Crippen LogP contribution in [0, 0.1) is 11.6 Å². The van der Waals surface area contributed by atoms with Crippen LogP contribution in [0.25, 0.3) is 0 Å². The maximum atomic E-state index is 14.1. The van der Waals surface area contributed by atoms with Crippen LogP contribution in [-0.4, -0.2) is 41.4 Å². The average molecular weight is 453 g/mol. The number of carbonyl (C=O) groups excluding carboxylic acids is 1. The highest BCUT2D eigenvalue weighted by Gasteiger charge is 2.53. The van der Waals surface area contributed by atoms with Gasteiger partial charge in [-0.2, -0.15) is 0 Å². The predicted octanol–water partition coefficient (Wildman–Crippen LogP) is 5.26. The summed E-state index contributed by atoms with van der Waals surface area (Å²) in [7, 11) is 0. The van der Waals surface area contributed by atoms with Crippen LogP contribution in [0.2, 0.25) is 0 Å². The summed E-state index contributed by atoms with van der Waals surface area (Å²) in [5, 5.41) is 3.05. The molecule has 174 valence electrons. The lowest BCUT2D eigenvalue weighted by Gasteiger charge is -2.44. The van der Waals surface area contributed by atoms with Crippen LogP contribution >= 0.6 is 0 Å². The number of hydrogen-bond acceptors (Lipinski definition) is 3. The number of urea groups is 1. The van der Waals surface area contributed by atoms with Crippen molar-refractivity contribution in [3.8, 4) is 0 Å². The maximum absolute atomic E-state index is 14.1. The Morgan fingerprint density at radius 2 is 1.67 bits per heavy atom. The number of halogens is 2. The normalized spacial score (nSPS) is 22.8. The number of nitrogens with one attached hydrogen (secondary N) is 1. The SMILES string of the molecule is O=C1NC(=NC2CCCCC2)C2(CCN(Cc3cccc(F)c3)CC2)N1c1cccc(F)c1. The van der Waals surface area contributed by atoms with E-state index >= 15 is 0 Å². The number of amidine groups is 1. The van der Waals surface area contributed by atoms with Crippen LogP contribution in [0.5, 0.6) is 0 Å². The van der Waals surface area contributed by atoms with Gasteiger partial charge in [0, 0.05) is 25.3 Å². The second-order valence-corrected chi connectivity index (χ2v) is 9.45. The summed E-state index contributed by atoms with van der Waals surface area (Å²) in [4.78, 5) is 22.2. The first-order chi connectivity index (χ1) is 16.0. The Hall–Kier alpha value is -2.80. The quantitative estimate of drug-likeness (QED) is 0.688. The third kappa shape index (κ3) is 4.51. The Balaban J connectivity index is 1.43. The fraction of sp³-hybridized carbons (Fsp3) is 0.462. The summed E-state index contributed by atoms with van der Waals surface area (Å²) < 4.78 is 27.7. The number of aliphatic imine (C=N–C) groups is 1. The van der Waals surface area contributed by atoms with Crippen molar-refractivity contribution in [2.24, 2.45) is 4.99 Å². The highest BCUT2D eigenvalue weighted by Crippen LogP contribution is 2.39. The molecule has 1 aliphatic carbocycles. The molecule has 0 aromatic heterocycles. The molecule has 2 aromatic carbocycles. The van der Waals surface area contributed by atoms with Gasteiger partial charge in [-0.15, -0.1) is 0 Å². The number of carbonyl (C=O) groups is 1. The zero-order valence-electron chi connectivity index (χ0n) is 18.8. The Morgan fingerprint density at radius 3 is 2.36 bits per heavy atom. The van der Waals surface area contributed by atoms with Crippen molar-refractivity contribution in [1.29, 1.82) is 0 Å². The second kappa shape index (κ2) is 9.21. The molecule has 1 N–H and O–H groups in total. The number of amides is 2. The molecule has 2 saturated heterocycles. The lowest BCUT2D eigenvalue weighted by Crippen LogP contribution is -2.57. The van der Waals surface area contributed by atoms with E-state index in [-0.39, 0.29) is 23.7 Å². The van der Waals surface area contributed by atoms with Gasteiger partial charge in [0.25, 0.3) is 0 Å². The summed E-state index contributed by atoms with van der Waals surface area (Å²) in [6, 6.07) is 12.9. The van der Waals surface area contributed by atoms with Crippen molar-refractivity contribution >= 4 is 17.6 Å². The van der Waals surface area contributed by atoms with Gasteiger partial charge in [-0.25, -0.2) is 13.6 Å². The van der Waals surface area contributed by atoms with Gasteiger partial charge in [0.15, 0.2) is 0 Å². The summed E-state index contributed by atoms with van der Waals surface area (Å²) in [6.07, 6.45) is 7.02. The monoisotopic (exact) mass is 452 g/mol. The van der Waals surface area contributed by atoms with E-state index in [1.165, 1.54) is 24.6 Å². The fourth-order valence-corrected chi connectivity index (χ4v) is 5.53. The minimum atomic E-state index is -0.610. The largest absolute Gasteiger partial charge is 0.328 e. The molecule has 0 atom stereocenters. The number of hydrogen-bond donors (Lipinski definition) is 1. The van der Waals surface area contributed by atoms with Crippen molar-refractivity contribution in [1.82, 2.24) is 10.2 Å². The molecule has 3 aliphatic rings. The minimum absolute atomic E-state index is 0.226. The van der Waals surface area contributed by atoms with Crippen LogP contribution in [0.4, 0.5) is 19.3 Å². The van der Waals surface area contributed by atoms with Crippen molar-refractivity contribution in [2.45, 2.75) is 63.1 Å². The van der Waals surface area contributed by atoms with Crippen LogP contribution in [0.1, 0.15) is 50.5 Å². The molecule has 5 rings (SSSR count). The molecule has 2 amide bonds. The second-order valence-electron chi connectivity index (χ2n) is 9.45. The summed E-state index contributed by atoms with van der Waals surface area (Å²) in [6.45, 7) is 2.13. The van der Waals surface area contributed by atoms with Crippen molar-refractivity contribution in [2.75, 3.05) is 18.0 Å². The third-order valence-corrected chi connectivity index (χ3v) is 7.23. The van der Waals surface area contributed by atoms with Crippen molar-refractivity contribution < 1.29 is 13.6 Å². The molecule has 33 heavy (non-hydrogen) atoms. The standard InChI is InChI=1S/C26H30F2N4O/c27-20-7-4-6-19(16-20)18-31-14-12-26(13-15-31)24(29-22-9-2-1-3-10-22)30-25(33)32(26)23-11-5-8-21(28)17-23/h4-8,11,16-17,22H,1-3,9-10,12-15,18H2,(H,29,30,33). The zero-order chi connectivity index (χ0) is 22.8. The van der Waals surface area contributed by atoms with E-state index in [1.807, 2.05) is 6.07 Å². The lowest BCUT2D eigenvalue weighted by atomic mass is 9.84. The topological polar surface area (TPSA) is 47.9 Å². The number of benzene rings is 2. The van der Waals surface area contributed by atoms with E-state index < -0.39 is 5.54 Å². The minimum Gasteiger partial charge on any atom is -0.299 e. The maximum Gasteiger partial charge on any atom is 0.328 e. The van der Waals surface area contributed by atoms with E-state index in [2.05, 4.69) is 10.2 Å². The first-order valence-electron chi connectivity index (χ1n) is 12.0. The first kappa shape index (κ1) is 22.0. The number of anilines is 1. The highest BCUT2D eigenvalue weighted by atomic mass is 19.1. The molecule has 2 heterocycles. The van der Waals surface area contributed by atoms with E-state index in [9.17, 15) is 13.6 Å². The van der Waals surface area contributed by atoms with Crippen LogP contribution < -0.4 is 10.2 Å². The van der Waals surface area contributed by atoms with Gasteiger partial charge in [0.1, 0.15) is 23.0 Å². The molecule has 0 bridgehead atoms. The number of rotatable bonds is 4. The molecule has 0 unspecified atom stereocenters. The van der Waals surface area contributed by atoms with E-state index in [4.69, 9.17) is 4.99 Å². The first-order valence-corrected chi connectivity index (χ1v) is 12.0. The number of nitrogens with zero attached hydrogens (tertiary/aromatic N) is 3. The molecular weight excluding hydrogens is 422 g/mol. The Bertz CT molecular complexity index is 1040. The van der Waals surface area contributed by atoms with Crippen molar-refractivity contribution in [3.05, 3.63) is 65.7 Å². The number of piperidine rings is 1. The Labute approximate surface area is 193 Å². The Kier molecular flexibility index (Phi) is 6.15. The van der Waals surface area contributed by atoms with Crippen LogP contribution in [0.15, 0.2) is 53.5 Å². The zero-order valence-corrected chi connectivity index (χ0v) is 18.8. The van der Waals surface area contributed by atoms with Crippen LogP contribution in [0.3, 0.4) is 0 Å². The molecule has 3 fully saturated rings. The van der Waals surface area contributed by atoms with E-state index in [0.29, 0.717) is 25.1 Å². The van der Waals surface area contributed by atoms with Gasteiger partial charge in [0.2, 0.25) is 0 Å². The molecule has 2 aromatic rings. The third-order valence-electron chi connectivity index (χ3n) is 7.23. The summed E-state index contributed by atoms with van der Waals surface area (Å²) in [5.41, 5.74) is 0.880. The lowest BCUT2D eigenvalue weighted by molar-refractivity contribution is 0.184. The van der Waals surface area contributed by atoms with Gasteiger partial charge < -0.3 is 0 Å². The van der Waals surface area contributed by atoms with Crippen LogP contribution in [-0.2, 0) is 6.54 Å². The average Bonchev–Trinajstić information content (AvgIpc) is 3.06. The van der Waals surface area contributed by atoms with Gasteiger partial charge in [0.05, 0.1) is 6.04 Å². The molecule has 7 heteroatoms. The van der Waals surface area contributed by atoms with Gasteiger partial charge >= 0.3 is 6.03 Å². The Morgan fingerprint density at radius 1 is 0.970 bits per heavy atom. The molecule has 1 spiro atoms. The fourth-order valence-electron chi connectivity index (χ4n) is 5.53. The van der Waals surface area contributed by atoms with Gasteiger partial charge in [-0.3, -0.25) is 20.1 Å². The molecule has 0 radical (unpaired) electrons. The van der Waals surface area contributed by atoms with Crippen molar-refractivity contribution in [3.63, 3.8) is 0 Å². The van der Waals surface area contributed by atoms with Gasteiger partial charge in [-0.1, -0.05) is 37.5 Å². The van der Waals surface area contributed by atoms with E-state index in [0.717, 1.165) is 50.2 Å². The molecular formula is C26H30F2N4O. The number of likely N-dealkylation sites (tertiary alicyclic amines) is 1. The molecule has 5 nitrogen and oxygen atoms in total. The highest BCUT2D eigenvalue weighted by molar-refractivity contribution is 6.19.